The van der Waals surface area contributed by atoms with Crippen molar-refractivity contribution in [1.29, 1.82) is 5.26 Å². The van der Waals surface area contributed by atoms with Crippen LogP contribution in [0.25, 0.3) is 0 Å². The molecule has 0 aliphatic carbocycles. The molecule has 1 heterocycles. The van der Waals surface area contributed by atoms with Gasteiger partial charge in [-0.15, -0.1) is 0 Å². The normalized spacial score (nSPS) is 9.42. The van der Waals surface area contributed by atoms with E-state index in [2.05, 4.69) is 15.5 Å². The highest BCUT2D eigenvalue weighted by atomic mass is 16.5. The van der Waals surface area contributed by atoms with Gasteiger partial charge in [0, 0.05) is 0 Å². The van der Waals surface area contributed by atoms with Crippen LogP contribution in [0.2, 0.25) is 0 Å². The topological polar surface area (TPSA) is 87.9 Å². The molecule has 0 spiro atoms. The van der Waals surface area contributed by atoms with Crippen LogP contribution in [-0.4, -0.2) is 22.7 Å². The molecule has 1 N–H and O–H groups in total. The molecule has 19 heavy (non-hydrogen) atoms. The number of ether oxygens (including phenoxy) is 1. The summed E-state index contributed by atoms with van der Waals surface area (Å²) >= 11 is 0. The van der Waals surface area contributed by atoms with Gasteiger partial charge in [0.25, 0.3) is 5.91 Å². The maximum Gasteiger partial charge on any atom is 0.257 e. The Morgan fingerprint density at radius 2 is 2.16 bits per heavy atom. The van der Waals surface area contributed by atoms with Crippen molar-refractivity contribution in [3.63, 3.8) is 0 Å². The molecule has 94 valence electrons. The molecule has 2 rings (SSSR count). The third-order valence-corrected chi connectivity index (χ3v) is 2.27. The first kappa shape index (κ1) is 12.5. The molecule has 0 radical (unpaired) electrons. The van der Waals surface area contributed by atoms with Gasteiger partial charge in [0.15, 0.2) is 6.61 Å². The molecule has 0 unspecified atom stereocenters. The molecule has 0 aliphatic heterocycles. The summed E-state index contributed by atoms with van der Waals surface area (Å²) in [6.07, 6.45) is 2.81. The smallest absolute Gasteiger partial charge is 0.257 e. The highest BCUT2D eigenvalue weighted by Gasteiger charge is 2.09. The number of anilines is 1. The fourth-order valence-electron chi connectivity index (χ4n) is 1.43. The minimum absolute atomic E-state index is 0.0797. The molecule has 2 aromatic rings. The second kappa shape index (κ2) is 6.12. The Kier molecular flexibility index (Phi) is 4.03. The van der Waals surface area contributed by atoms with E-state index in [-0.39, 0.29) is 12.5 Å². The number of amides is 1. The van der Waals surface area contributed by atoms with Crippen LogP contribution in [0, 0.1) is 11.3 Å². The summed E-state index contributed by atoms with van der Waals surface area (Å²) < 4.78 is 5.22. The summed E-state index contributed by atoms with van der Waals surface area (Å²) in [5, 5.41) is 18.4. The number of carbonyl (C=O) groups excluding carboxylic acids is 1. The Labute approximate surface area is 109 Å². The highest BCUT2D eigenvalue weighted by molar-refractivity contribution is 6.04. The van der Waals surface area contributed by atoms with E-state index >= 15 is 0 Å². The van der Waals surface area contributed by atoms with Crippen LogP contribution in [0.4, 0.5) is 5.69 Å². The van der Waals surface area contributed by atoms with E-state index in [1.54, 1.807) is 30.3 Å². The van der Waals surface area contributed by atoms with Gasteiger partial charge >= 0.3 is 0 Å². The molecule has 0 bridgehead atoms. The largest absolute Gasteiger partial charge is 0.477 e. The molecule has 6 nitrogen and oxygen atoms in total. The molecule has 1 amide bonds. The summed E-state index contributed by atoms with van der Waals surface area (Å²) in [5.41, 5.74) is 0.893. The molecule has 0 fully saturated rings. The van der Waals surface area contributed by atoms with Gasteiger partial charge < -0.3 is 10.1 Å². The van der Waals surface area contributed by atoms with Crippen molar-refractivity contribution < 1.29 is 9.53 Å². The Hall–Kier alpha value is -2.94. The molecule has 1 aromatic heterocycles. The average Bonchev–Trinajstić information content (AvgIpc) is 2.47. The molecular weight excluding hydrogens is 244 g/mol. The fraction of sp³-hybridized carbons (Fsp3) is 0.0769. The molecule has 0 aliphatic rings. The molecular formula is C13H10N4O2. The second-order valence-corrected chi connectivity index (χ2v) is 3.53. The lowest BCUT2D eigenvalue weighted by molar-refractivity contribution is 0.102. The molecule has 0 saturated carbocycles. The summed E-state index contributed by atoms with van der Waals surface area (Å²) in [7, 11) is 0. The van der Waals surface area contributed by atoms with Crippen LogP contribution < -0.4 is 10.1 Å². The van der Waals surface area contributed by atoms with Crippen LogP contribution in [0.15, 0.2) is 42.7 Å². The second-order valence-electron chi connectivity index (χ2n) is 3.53. The maximum absolute atomic E-state index is 11.9. The number of aromatic nitrogens is 2. The third kappa shape index (κ3) is 3.26. The van der Waals surface area contributed by atoms with Crippen molar-refractivity contribution in [2.45, 2.75) is 0 Å². The number of nitrogens with zero attached hydrogens (tertiary/aromatic N) is 3. The van der Waals surface area contributed by atoms with Gasteiger partial charge in [-0.2, -0.15) is 15.5 Å². The fourth-order valence-corrected chi connectivity index (χ4v) is 1.43. The number of hydrogen-bond donors (Lipinski definition) is 1. The number of para-hydroxylation sites is 2. The summed E-state index contributed by atoms with van der Waals surface area (Å²) in [6.45, 7) is -0.0797. The Balaban J connectivity index is 2.15. The number of carbonyl (C=O) groups is 1. The van der Waals surface area contributed by atoms with Crippen molar-refractivity contribution in [3.05, 3.63) is 48.3 Å². The van der Waals surface area contributed by atoms with Gasteiger partial charge in [-0.25, -0.2) is 0 Å². The van der Waals surface area contributed by atoms with Gasteiger partial charge in [-0.1, -0.05) is 12.1 Å². The quantitative estimate of drug-likeness (QED) is 0.895. The first-order chi connectivity index (χ1) is 9.31. The van der Waals surface area contributed by atoms with Crippen molar-refractivity contribution >= 4 is 11.6 Å². The molecule has 0 saturated heterocycles. The van der Waals surface area contributed by atoms with E-state index in [0.717, 1.165) is 0 Å². The number of benzene rings is 1. The summed E-state index contributed by atoms with van der Waals surface area (Å²) in [4.78, 5) is 11.9. The van der Waals surface area contributed by atoms with Gasteiger partial charge in [0.2, 0.25) is 0 Å². The SMILES string of the molecule is N#CCOc1ccccc1NC(=O)c1ccnnc1. The van der Waals surface area contributed by atoms with Gasteiger partial charge in [-0.3, -0.25) is 4.79 Å². The van der Waals surface area contributed by atoms with Gasteiger partial charge in [0.1, 0.15) is 11.8 Å². The monoisotopic (exact) mass is 254 g/mol. The van der Waals surface area contributed by atoms with Crippen molar-refractivity contribution in [2.75, 3.05) is 11.9 Å². The summed E-state index contributed by atoms with van der Waals surface area (Å²) in [6, 6.07) is 10.3. The Morgan fingerprint density at radius 3 is 2.89 bits per heavy atom. The predicted molar refractivity (Wildman–Crippen MR) is 67.5 cm³/mol. The predicted octanol–water partition coefficient (Wildman–Crippen LogP) is 1.63. The number of nitriles is 1. The van der Waals surface area contributed by atoms with Crippen LogP contribution >= 0.6 is 0 Å². The van der Waals surface area contributed by atoms with Gasteiger partial charge in [0.05, 0.1) is 23.6 Å². The van der Waals surface area contributed by atoms with E-state index in [4.69, 9.17) is 10.00 Å². The number of rotatable bonds is 4. The maximum atomic E-state index is 11.9. The lowest BCUT2D eigenvalue weighted by Crippen LogP contribution is -2.13. The molecule has 1 aromatic carbocycles. The highest BCUT2D eigenvalue weighted by Crippen LogP contribution is 2.24. The zero-order valence-corrected chi connectivity index (χ0v) is 9.91. The lowest BCUT2D eigenvalue weighted by Gasteiger charge is -2.10. The van der Waals surface area contributed by atoms with Crippen molar-refractivity contribution in [1.82, 2.24) is 10.2 Å². The number of nitrogens with one attached hydrogen (secondary N) is 1. The zero-order chi connectivity index (χ0) is 13.5. The molecule has 6 heteroatoms. The van der Waals surface area contributed by atoms with Crippen LogP contribution in [0.1, 0.15) is 10.4 Å². The van der Waals surface area contributed by atoms with Gasteiger partial charge in [-0.05, 0) is 18.2 Å². The van der Waals surface area contributed by atoms with Crippen molar-refractivity contribution in [3.8, 4) is 11.8 Å². The average molecular weight is 254 g/mol. The van der Waals surface area contributed by atoms with Crippen LogP contribution in [0.5, 0.6) is 5.75 Å². The lowest BCUT2D eigenvalue weighted by atomic mass is 10.2. The first-order valence-electron chi connectivity index (χ1n) is 5.48. The Bertz CT molecular complexity index is 608. The third-order valence-electron chi connectivity index (χ3n) is 2.27. The molecule has 0 atom stereocenters. The minimum Gasteiger partial charge on any atom is -0.477 e. The minimum atomic E-state index is -0.317. The van der Waals surface area contributed by atoms with Crippen LogP contribution in [0.3, 0.4) is 0 Å². The van der Waals surface area contributed by atoms with Crippen molar-refractivity contribution in [2.24, 2.45) is 0 Å². The zero-order valence-electron chi connectivity index (χ0n) is 9.91. The van der Waals surface area contributed by atoms with E-state index < -0.39 is 0 Å². The first-order valence-corrected chi connectivity index (χ1v) is 5.48. The van der Waals surface area contributed by atoms with E-state index in [1.165, 1.54) is 12.4 Å². The number of hydrogen-bond acceptors (Lipinski definition) is 5. The van der Waals surface area contributed by atoms with E-state index in [9.17, 15) is 4.79 Å². The standard InChI is InChI=1S/C13H10N4O2/c14-6-8-19-12-4-2-1-3-11(12)17-13(18)10-5-7-15-16-9-10/h1-5,7,9H,8H2,(H,17,18). The van der Waals surface area contributed by atoms with E-state index in [1.807, 2.05) is 6.07 Å². The van der Waals surface area contributed by atoms with Crippen LogP contribution in [-0.2, 0) is 0 Å². The Morgan fingerprint density at radius 1 is 1.32 bits per heavy atom. The summed E-state index contributed by atoms with van der Waals surface area (Å²) in [5.74, 6) is 0.127. The van der Waals surface area contributed by atoms with E-state index in [0.29, 0.717) is 17.0 Å².